The van der Waals surface area contributed by atoms with Crippen LogP contribution in [0.1, 0.15) is 32.1 Å². The predicted molar refractivity (Wildman–Crippen MR) is 66.1 cm³/mol. The largest absolute Gasteiger partial charge is 0.311 e. The average molecular weight is 233 g/mol. The highest BCUT2D eigenvalue weighted by Gasteiger charge is 2.34. The van der Waals surface area contributed by atoms with Crippen molar-refractivity contribution in [2.75, 3.05) is 5.43 Å². The van der Waals surface area contributed by atoms with Crippen LogP contribution in [0.2, 0.25) is 0 Å². The van der Waals surface area contributed by atoms with Gasteiger partial charge < -0.3 is 5.32 Å². The highest BCUT2D eigenvalue weighted by atomic mass is 16.2. The zero-order valence-corrected chi connectivity index (χ0v) is 9.93. The topological polar surface area (TPSA) is 46.1 Å². The smallest absolute Gasteiger partial charge is 0.239 e. The Labute approximate surface area is 101 Å². The van der Waals surface area contributed by atoms with Crippen molar-refractivity contribution >= 4 is 5.91 Å². The van der Waals surface area contributed by atoms with E-state index < -0.39 is 0 Å². The molecule has 3 heterocycles. The van der Waals surface area contributed by atoms with Gasteiger partial charge in [-0.3, -0.25) is 14.9 Å². The van der Waals surface area contributed by atoms with Crippen molar-refractivity contribution in [1.82, 2.24) is 9.99 Å². The molecule has 0 saturated carbocycles. The third-order valence-corrected chi connectivity index (χ3v) is 3.90. The van der Waals surface area contributed by atoms with E-state index in [9.17, 15) is 4.79 Å². The molecule has 1 amide bonds. The molecule has 92 valence electrons. The molecule has 1 aromatic heterocycles. The summed E-state index contributed by atoms with van der Waals surface area (Å²) in [6.07, 6.45) is 9.27. The fourth-order valence-corrected chi connectivity index (χ4v) is 3.20. The van der Waals surface area contributed by atoms with E-state index in [1.54, 1.807) is 4.68 Å². The second-order valence-electron chi connectivity index (χ2n) is 5.30. The first-order valence-corrected chi connectivity index (χ1v) is 6.48. The van der Waals surface area contributed by atoms with Gasteiger partial charge in [-0.2, -0.15) is 0 Å². The molecule has 2 bridgehead atoms. The predicted octanol–water partition coefficient (Wildman–Crippen LogP) is 1.48. The lowest BCUT2D eigenvalue weighted by Gasteiger charge is -2.28. The van der Waals surface area contributed by atoms with Crippen molar-refractivity contribution in [3.63, 3.8) is 0 Å². The van der Waals surface area contributed by atoms with E-state index in [2.05, 4.69) is 10.7 Å². The van der Waals surface area contributed by atoms with Crippen LogP contribution in [0, 0.1) is 5.92 Å². The van der Waals surface area contributed by atoms with Gasteiger partial charge in [-0.25, -0.2) is 0 Å². The number of hydrogen-bond acceptors (Lipinski definition) is 2. The first-order valence-electron chi connectivity index (χ1n) is 6.48. The summed E-state index contributed by atoms with van der Waals surface area (Å²) >= 11 is 0. The lowest BCUT2D eigenvalue weighted by Crippen LogP contribution is -2.39. The number of amides is 1. The Balaban J connectivity index is 1.51. The summed E-state index contributed by atoms with van der Waals surface area (Å²) in [4.78, 5) is 11.9. The van der Waals surface area contributed by atoms with Gasteiger partial charge in [0, 0.05) is 30.9 Å². The minimum Gasteiger partial charge on any atom is -0.311 e. The van der Waals surface area contributed by atoms with Crippen molar-refractivity contribution in [2.45, 2.75) is 44.2 Å². The summed E-state index contributed by atoms with van der Waals surface area (Å²) in [6.45, 7) is 0. The molecule has 17 heavy (non-hydrogen) atoms. The fourth-order valence-electron chi connectivity index (χ4n) is 3.20. The maximum atomic E-state index is 11.9. The number of fused-ring (bicyclic) bond motifs is 2. The maximum absolute atomic E-state index is 11.9. The van der Waals surface area contributed by atoms with Gasteiger partial charge in [0.1, 0.15) is 0 Å². The van der Waals surface area contributed by atoms with E-state index in [1.165, 1.54) is 12.8 Å². The number of piperidine rings is 1. The van der Waals surface area contributed by atoms with Crippen LogP contribution in [0.3, 0.4) is 0 Å². The molecule has 2 saturated heterocycles. The second-order valence-corrected chi connectivity index (χ2v) is 5.30. The first-order chi connectivity index (χ1) is 8.29. The van der Waals surface area contributed by atoms with Crippen LogP contribution in [-0.4, -0.2) is 22.7 Å². The summed E-state index contributed by atoms with van der Waals surface area (Å²) in [5, 5.41) is 3.60. The van der Waals surface area contributed by atoms with E-state index in [0.717, 1.165) is 12.8 Å². The van der Waals surface area contributed by atoms with Crippen LogP contribution in [0.5, 0.6) is 0 Å². The van der Waals surface area contributed by atoms with E-state index >= 15 is 0 Å². The molecular weight excluding hydrogens is 214 g/mol. The molecule has 2 unspecified atom stereocenters. The molecule has 4 heteroatoms. The Kier molecular flexibility index (Phi) is 2.89. The Hall–Kier alpha value is -1.29. The number of nitrogens with zero attached hydrogens (tertiary/aromatic N) is 1. The van der Waals surface area contributed by atoms with Crippen LogP contribution < -0.4 is 10.7 Å². The van der Waals surface area contributed by atoms with Crippen LogP contribution in [-0.2, 0) is 4.79 Å². The Morgan fingerprint density at radius 1 is 1.24 bits per heavy atom. The Morgan fingerprint density at radius 3 is 2.53 bits per heavy atom. The number of carbonyl (C=O) groups is 1. The minimum absolute atomic E-state index is 0.132. The number of nitrogens with one attached hydrogen (secondary N) is 2. The molecule has 0 aliphatic carbocycles. The summed E-state index contributed by atoms with van der Waals surface area (Å²) in [6, 6.07) is 5.15. The van der Waals surface area contributed by atoms with Gasteiger partial charge in [-0.1, -0.05) is 0 Å². The van der Waals surface area contributed by atoms with E-state index in [0.29, 0.717) is 24.4 Å². The molecule has 0 aromatic carbocycles. The lowest BCUT2D eigenvalue weighted by atomic mass is 9.89. The zero-order chi connectivity index (χ0) is 11.7. The molecule has 3 rings (SSSR count). The molecule has 0 spiro atoms. The van der Waals surface area contributed by atoms with Crippen molar-refractivity contribution in [2.24, 2.45) is 5.92 Å². The molecule has 2 fully saturated rings. The fraction of sp³-hybridized carbons (Fsp3) is 0.615. The lowest BCUT2D eigenvalue weighted by molar-refractivity contribution is -0.118. The molecule has 2 aliphatic rings. The Morgan fingerprint density at radius 2 is 1.88 bits per heavy atom. The van der Waals surface area contributed by atoms with Gasteiger partial charge in [0.2, 0.25) is 5.91 Å². The summed E-state index contributed by atoms with van der Waals surface area (Å²) in [7, 11) is 0. The van der Waals surface area contributed by atoms with E-state index in [-0.39, 0.29) is 5.91 Å². The van der Waals surface area contributed by atoms with Crippen LogP contribution >= 0.6 is 0 Å². The Bertz CT molecular complexity index is 375. The van der Waals surface area contributed by atoms with Crippen LogP contribution in [0.25, 0.3) is 0 Å². The van der Waals surface area contributed by atoms with Gasteiger partial charge in [-0.05, 0) is 43.7 Å². The molecule has 4 nitrogen and oxygen atoms in total. The van der Waals surface area contributed by atoms with Gasteiger partial charge in [0.15, 0.2) is 0 Å². The highest BCUT2D eigenvalue weighted by Crippen LogP contribution is 2.32. The first kappa shape index (κ1) is 10.8. The molecule has 2 atom stereocenters. The van der Waals surface area contributed by atoms with Crippen molar-refractivity contribution < 1.29 is 4.79 Å². The molecule has 1 aromatic rings. The van der Waals surface area contributed by atoms with Gasteiger partial charge in [0.25, 0.3) is 0 Å². The number of rotatable bonds is 3. The normalized spacial score (nSPS) is 31.4. The summed E-state index contributed by atoms with van der Waals surface area (Å²) in [5.74, 6) is 0.691. The van der Waals surface area contributed by atoms with Gasteiger partial charge in [0.05, 0.1) is 0 Å². The standard InChI is InChI=1S/C13H19N3O/c17-13(15-16-5-1-2-6-16)9-10-7-11-3-4-12(8-10)14-11/h1-2,5-6,10-12,14H,3-4,7-9H2,(H,15,17). The second kappa shape index (κ2) is 4.53. The average Bonchev–Trinajstić information content (AvgIpc) is 2.89. The third kappa shape index (κ3) is 2.52. The van der Waals surface area contributed by atoms with E-state index in [4.69, 9.17) is 0 Å². The van der Waals surface area contributed by atoms with Crippen molar-refractivity contribution in [3.05, 3.63) is 24.5 Å². The van der Waals surface area contributed by atoms with E-state index in [1.807, 2.05) is 24.5 Å². The van der Waals surface area contributed by atoms with Crippen LogP contribution in [0.4, 0.5) is 0 Å². The third-order valence-electron chi connectivity index (χ3n) is 3.90. The molecule has 2 N–H and O–H groups in total. The summed E-state index contributed by atoms with van der Waals surface area (Å²) in [5.41, 5.74) is 2.88. The van der Waals surface area contributed by atoms with Gasteiger partial charge in [-0.15, -0.1) is 0 Å². The highest BCUT2D eigenvalue weighted by molar-refractivity contribution is 5.83. The van der Waals surface area contributed by atoms with Crippen molar-refractivity contribution in [1.29, 1.82) is 0 Å². The molecule has 2 aliphatic heterocycles. The molecular formula is C13H19N3O. The number of hydrogen-bond donors (Lipinski definition) is 2. The monoisotopic (exact) mass is 233 g/mol. The minimum atomic E-state index is 0.132. The maximum Gasteiger partial charge on any atom is 0.239 e. The molecule has 0 radical (unpaired) electrons. The number of carbonyl (C=O) groups excluding carboxylic acids is 1. The zero-order valence-electron chi connectivity index (χ0n) is 9.93. The van der Waals surface area contributed by atoms with Gasteiger partial charge >= 0.3 is 0 Å². The van der Waals surface area contributed by atoms with Crippen LogP contribution in [0.15, 0.2) is 24.5 Å². The summed E-state index contributed by atoms with van der Waals surface area (Å²) < 4.78 is 1.72. The number of aromatic nitrogens is 1. The van der Waals surface area contributed by atoms with Crippen molar-refractivity contribution in [3.8, 4) is 0 Å². The SMILES string of the molecule is O=C(CC1CC2CCC(C1)N2)Nn1cccc1. The quantitative estimate of drug-likeness (QED) is 0.830.